The van der Waals surface area contributed by atoms with Crippen LogP contribution in [0, 0.1) is 6.92 Å². The number of hydrogen-bond donors (Lipinski definition) is 0. The van der Waals surface area contributed by atoms with Crippen molar-refractivity contribution in [1.82, 2.24) is 19.7 Å². The fourth-order valence-corrected chi connectivity index (χ4v) is 3.75. The Morgan fingerprint density at radius 3 is 2.42 bits per heavy atom. The van der Waals surface area contributed by atoms with E-state index in [-0.39, 0.29) is 5.91 Å². The first kappa shape index (κ1) is 17.0. The van der Waals surface area contributed by atoms with E-state index in [1.54, 1.807) is 0 Å². The molecule has 0 bridgehead atoms. The van der Waals surface area contributed by atoms with Crippen LogP contribution in [0.4, 0.5) is 0 Å². The zero-order valence-electron chi connectivity index (χ0n) is 14.4. The standard InChI is InChI=1S/C18H24N4OS/c1-14-7-9-15(10-8-14)17-19-20-18(21(17)2)24-13-16(23)22-11-5-3-4-6-12-22/h7-10H,3-6,11-13H2,1-2H3. The van der Waals surface area contributed by atoms with Gasteiger partial charge in [-0.1, -0.05) is 54.4 Å². The molecule has 1 aliphatic rings. The van der Waals surface area contributed by atoms with Gasteiger partial charge in [-0.15, -0.1) is 10.2 Å². The summed E-state index contributed by atoms with van der Waals surface area (Å²) in [7, 11) is 1.95. The summed E-state index contributed by atoms with van der Waals surface area (Å²) in [6.45, 7) is 3.86. The largest absolute Gasteiger partial charge is 0.342 e. The van der Waals surface area contributed by atoms with Gasteiger partial charge in [0, 0.05) is 25.7 Å². The van der Waals surface area contributed by atoms with Crippen molar-refractivity contribution >= 4 is 17.7 Å². The van der Waals surface area contributed by atoms with Crippen LogP contribution in [0.1, 0.15) is 31.2 Å². The van der Waals surface area contributed by atoms with E-state index in [0.717, 1.165) is 42.5 Å². The van der Waals surface area contributed by atoms with E-state index in [1.165, 1.54) is 30.2 Å². The average Bonchev–Trinajstić information content (AvgIpc) is 2.79. The van der Waals surface area contributed by atoms with Crippen LogP contribution in [0.2, 0.25) is 0 Å². The zero-order chi connectivity index (χ0) is 16.9. The average molecular weight is 344 g/mol. The molecule has 0 atom stereocenters. The van der Waals surface area contributed by atoms with Gasteiger partial charge in [-0.25, -0.2) is 0 Å². The first-order valence-electron chi connectivity index (χ1n) is 8.52. The van der Waals surface area contributed by atoms with Crippen molar-refractivity contribution in [3.05, 3.63) is 29.8 Å². The number of hydrogen-bond acceptors (Lipinski definition) is 4. The molecule has 0 unspecified atom stereocenters. The lowest BCUT2D eigenvalue weighted by molar-refractivity contribution is -0.128. The molecule has 6 heteroatoms. The monoisotopic (exact) mass is 344 g/mol. The van der Waals surface area contributed by atoms with Gasteiger partial charge in [0.2, 0.25) is 5.91 Å². The van der Waals surface area contributed by atoms with Crippen molar-refractivity contribution in [2.45, 2.75) is 37.8 Å². The van der Waals surface area contributed by atoms with Gasteiger partial charge in [-0.05, 0) is 19.8 Å². The SMILES string of the molecule is Cc1ccc(-c2nnc(SCC(=O)N3CCCCCC3)n2C)cc1. The van der Waals surface area contributed by atoms with Crippen LogP contribution >= 0.6 is 11.8 Å². The lowest BCUT2D eigenvalue weighted by Gasteiger charge is -2.19. The zero-order valence-corrected chi connectivity index (χ0v) is 15.2. The Hall–Kier alpha value is -1.82. The number of thioether (sulfide) groups is 1. The van der Waals surface area contributed by atoms with Gasteiger partial charge in [-0.3, -0.25) is 4.79 Å². The summed E-state index contributed by atoms with van der Waals surface area (Å²) in [5, 5.41) is 9.33. The molecule has 0 N–H and O–H groups in total. The number of carbonyl (C=O) groups excluding carboxylic acids is 1. The Balaban J connectivity index is 1.63. The third-order valence-electron chi connectivity index (χ3n) is 4.43. The third-order valence-corrected chi connectivity index (χ3v) is 5.43. The van der Waals surface area contributed by atoms with Crippen LogP contribution < -0.4 is 0 Å². The molecule has 1 fully saturated rings. The molecule has 0 spiro atoms. The van der Waals surface area contributed by atoms with Crippen LogP contribution in [0.25, 0.3) is 11.4 Å². The van der Waals surface area contributed by atoms with Crippen molar-refractivity contribution in [3.8, 4) is 11.4 Å². The van der Waals surface area contributed by atoms with Crippen LogP contribution in [-0.4, -0.2) is 44.4 Å². The molecular formula is C18H24N4OS. The third kappa shape index (κ3) is 3.98. The Morgan fingerprint density at radius 2 is 1.75 bits per heavy atom. The van der Waals surface area contributed by atoms with Crippen molar-refractivity contribution in [3.63, 3.8) is 0 Å². The van der Waals surface area contributed by atoms with E-state index < -0.39 is 0 Å². The molecule has 1 saturated heterocycles. The lowest BCUT2D eigenvalue weighted by Crippen LogP contribution is -2.33. The first-order chi connectivity index (χ1) is 11.6. The fourth-order valence-electron chi connectivity index (χ4n) is 2.93. The topological polar surface area (TPSA) is 51.0 Å². The Kier molecular flexibility index (Phi) is 5.56. The second-order valence-corrected chi connectivity index (χ2v) is 7.26. The minimum Gasteiger partial charge on any atom is -0.342 e. The molecule has 2 aromatic rings. The van der Waals surface area contributed by atoms with Crippen molar-refractivity contribution < 1.29 is 4.79 Å². The first-order valence-corrected chi connectivity index (χ1v) is 9.51. The van der Waals surface area contributed by atoms with Gasteiger partial charge in [0.25, 0.3) is 0 Å². The van der Waals surface area contributed by atoms with Gasteiger partial charge >= 0.3 is 0 Å². The van der Waals surface area contributed by atoms with Crippen LogP contribution in [0.3, 0.4) is 0 Å². The maximum atomic E-state index is 12.4. The highest BCUT2D eigenvalue weighted by molar-refractivity contribution is 7.99. The summed E-state index contributed by atoms with van der Waals surface area (Å²) in [6.07, 6.45) is 4.72. The number of benzene rings is 1. The number of aromatic nitrogens is 3. The summed E-state index contributed by atoms with van der Waals surface area (Å²) >= 11 is 1.47. The number of likely N-dealkylation sites (tertiary alicyclic amines) is 1. The summed E-state index contributed by atoms with van der Waals surface area (Å²) < 4.78 is 1.96. The van der Waals surface area contributed by atoms with Gasteiger partial charge in [0.15, 0.2) is 11.0 Å². The van der Waals surface area contributed by atoms with Crippen LogP contribution in [-0.2, 0) is 11.8 Å². The number of rotatable bonds is 4. The van der Waals surface area contributed by atoms with E-state index in [2.05, 4.69) is 41.4 Å². The van der Waals surface area contributed by atoms with Crippen LogP contribution in [0.5, 0.6) is 0 Å². The number of nitrogens with zero attached hydrogens (tertiary/aromatic N) is 4. The Labute approximate surface area is 147 Å². The molecule has 5 nitrogen and oxygen atoms in total. The summed E-state index contributed by atoms with van der Waals surface area (Å²) in [4.78, 5) is 14.4. The van der Waals surface area contributed by atoms with Crippen molar-refractivity contribution in [2.75, 3.05) is 18.8 Å². The van der Waals surface area contributed by atoms with Crippen molar-refractivity contribution in [2.24, 2.45) is 7.05 Å². The molecule has 3 rings (SSSR count). The molecule has 2 heterocycles. The normalized spacial score (nSPS) is 15.3. The smallest absolute Gasteiger partial charge is 0.233 e. The van der Waals surface area contributed by atoms with E-state index in [9.17, 15) is 4.79 Å². The number of amides is 1. The minimum atomic E-state index is 0.210. The summed E-state index contributed by atoms with van der Waals surface area (Å²) in [6, 6.07) is 8.24. The molecular weight excluding hydrogens is 320 g/mol. The van der Waals surface area contributed by atoms with E-state index in [0.29, 0.717) is 5.75 Å². The molecule has 0 radical (unpaired) electrons. The maximum absolute atomic E-state index is 12.4. The molecule has 1 aromatic heterocycles. The fraction of sp³-hybridized carbons (Fsp3) is 0.500. The second kappa shape index (κ2) is 7.83. The van der Waals surface area contributed by atoms with E-state index >= 15 is 0 Å². The summed E-state index contributed by atoms with van der Waals surface area (Å²) in [5.74, 6) is 1.47. The highest BCUT2D eigenvalue weighted by atomic mass is 32.2. The van der Waals surface area contributed by atoms with Gasteiger partial charge < -0.3 is 9.47 Å². The summed E-state index contributed by atoms with van der Waals surface area (Å²) in [5.41, 5.74) is 2.26. The Bertz CT molecular complexity index is 688. The van der Waals surface area contributed by atoms with Gasteiger partial charge in [0.1, 0.15) is 0 Å². The number of carbonyl (C=O) groups is 1. The second-order valence-electron chi connectivity index (χ2n) is 6.31. The molecule has 24 heavy (non-hydrogen) atoms. The van der Waals surface area contributed by atoms with Gasteiger partial charge in [0.05, 0.1) is 5.75 Å². The highest BCUT2D eigenvalue weighted by Gasteiger charge is 2.18. The molecule has 0 aliphatic carbocycles. The predicted octanol–water partition coefficient (Wildman–Crippen LogP) is 3.29. The van der Waals surface area contributed by atoms with E-state index in [4.69, 9.17) is 0 Å². The lowest BCUT2D eigenvalue weighted by atomic mass is 10.1. The van der Waals surface area contributed by atoms with Crippen LogP contribution in [0.15, 0.2) is 29.4 Å². The van der Waals surface area contributed by atoms with Crippen molar-refractivity contribution in [1.29, 1.82) is 0 Å². The highest BCUT2D eigenvalue weighted by Crippen LogP contribution is 2.23. The van der Waals surface area contributed by atoms with E-state index in [1.807, 2.05) is 16.5 Å². The van der Waals surface area contributed by atoms with Gasteiger partial charge in [-0.2, -0.15) is 0 Å². The molecule has 1 aromatic carbocycles. The quantitative estimate of drug-likeness (QED) is 0.799. The molecule has 1 amide bonds. The Morgan fingerprint density at radius 1 is 1.08 bits per heavy atom. The maximum Gasteiger partial charge on any atom is 0.233 e. The number of aryl methyl sites for hydroxylation is 1. The predicted molar refractivity (Wildman–Crippen MR) is 96.9 cm³/mol. The molecule has 1 aliphatic heterocycles. The molecule has 0 saturated carbocycles. The molecule has 128 valence electrons. The minimum absolute atomic E-state index is 0.210.